The van der Waals surface area contributed by atoms with Gasteiger partial charge in [-0.05, 0) is 13.3 Å². The molecule has 0 aliphatic carbocycles. The van der Waals surface area contributed by atoms with Gasteiger partial charge in [-0.25, -0.2) is 4.39 Å². The SMILES string of the molecule is CCCCCCC(F)C(=O)N(CC)CC(=O)O. The van der Waals surface area contributed by atoms with Crippen LogP contribution in [-0.2, 0) is 9.59 Å². The molecule has 100 valence electrons. The molecule has 0 bridgehead atoms. The highest BCUT2D eigenvalue weighted by molar-refractivity contribution is 5.84. The Labute approximate surface area is 102 Å². The minimum absolute atomic E-state index is 0.189. The highest BCUT2D eigenvalue weighted by Crippen LogP contribution is 2.10. The van der Waals surface area contributed by atoms with E-state index in [-0.39, 0.29) is 13.0 Å². The van der Waals surface area contributed by atoms with E-state index in [0.29, 0.717) is 6.42 Å². The standard InChI is InChI=1S/C12H22FNO3/c1-3-5-6-7-8-10(13)12(17)14(4-2)9-11(15)16/h10H,3-9H2,1-2H3,(H,15,16). The van der Waals surface area contributed by atoms with Gasteiger partial charge >= 0.3 is 5.97 Å². The molecule has 0 saturated carbocycles. The molecule has 1 amide bonds. The van der Waals surface area contributed by atoms with Crippen LogP contribution in [0, 0.1) is 0 Å². The van der Waals surface area contributed by atoms with Crippen molar-refractivity contribution in [3.8, 4) is 0 Å². The van der Waals surface area contributed by atoms with Crippen molar-refractivity contribution in [2.45, 2.75) is 52.1 Å². The largest absolute Gasteiger partial charge is 0.480 e. The van der Waals surface area contributed by atoms with Gasteiger partial charge in [0.15, 0.2) is 6.17 Å². The van der Waals surface area contributed by atoms with E-state index in [9.17, 15) is 14.0 Å². The van der Waals surface area contributed by atoms with Crippen molar-refractivity contribution in [3.05, 3.63) is 0 Å². The summed E-state index contributed by atoms with van der Waals surface area (Å²) in [6.45, 7) is 3.50. The predicted octanol–water partition coefficient (Wildman–Crippen LogP) is 2.23. The van der Waals surface area contributed by atoms with E-state index in [1.807, 2.05) is 0 Å². The second kappa shape index (κ2) is 8.96. The summed E-state index contributed by atoms with van der Waals surface area (Å²) in [7, 11) is 0. The third-order valence-corrected chi connectivity index (χ3v) is 2.60. The number of unbranched alkanes of at least 4 members (excludes halogenated alkanes) is 3. The van der Waals surface area contributed by atoms with Gasteiger partial charge in [-0.1, -0.05) is 32.6 Å². The van der Waals surface area contributed by atoms with Crippen molar-refractivity contribution in [2.24, 2.45) is 0 Å². The number of halogens is 1. The number of hydrogen-bond donors (Lipinski definition) is 1. The Bertz CT molecular complexity index is 246. The number of amides is 1. The molecule has 0 aromatic rings. The average molecular weight is 247 g/mol. The maximum atomic E-state index is 13.5. The van der Waals surface area contributed by atoms with Gasteiger partial charge in [0.1, 0.15) is 6.54 Å². The molecule has 0 aromatic heterocycles. The number of carboxylic acid groups (broad SMARTS) is 1. The highest BCUT2D eigenvalue weighted by Gasteiger charge is 2.23. The summed E-state index contributed by atoms with van der Waals surface area (Å²) in [5, 5.41) is 8.58. The Morgan fingerprint density at radius 1 is 1.24 bits per heavy atom. The summed E-state index contributed by atoms with van der Waals surface area (Å²) in [4.78, 5) is 23.1. The zero-order valence-electron chi connectivity index (χ0n) is 10.6. The van der Waals surface area contributed by atoms with Crippen molar-refractivity contribution >= 4 is 11.9 Å². The third kappa shape index (κ3) is 6.92. The highest BCUT2D eigenvalue weighted by atomic mass is 19.1. The van der Waals surface area contributed by atoms with Crippen molar-refractivity contribution in [2.75, 3.05) is 13.1 Å². The molecule has 1 N–H and O–H groups in total. The number of carbonyl (C=O) groups excluding carboxylic acids is 1. The molecule has 1 atom stereocenters. The van der Waals surface area contributed by atoms with Gasteiger partial charge in [0.2, 0.25) is 0 Å². The van der Waals surface area contributed by atoms with Crippen LogP contribution in [0.25, 0.3) is 0 Å². The van der Waals surface area contributed by atoms with E-state index < -0.39 is 24.6 Å². The van der Waals surface area contributed by atoms with E-state index in [1.165, 1.54) is 0 Å². The molecular formula is C12H22FNO3. The van der Waals surface area contributed by atoms with Crippen LogP contribution in [0.4, 0.5) is 4.39 Å². The summed E-state index contributed by atoms with van der Waals surface area (Å²) in [6.07, 6.45) is 2.31. The zero-order valence-corrected chi connectivity index (χ0v) is 10.6. The quantitative estimate of drug-likeness (QED) is 0.636. The number of rotatable bonds is 9. The lowest BCUT2D eigenvalue weighted by molar-refractivity contribution is -0.146. The van der Waals surface area contributed by atoms with Crippen LogP contribution in [0.3, 0.4) is 0 Å². The van der Waals surface area contributed by atoms with Crippen molar-refractivity contribution in [1.82, 2.24) is 4.90 Å². The van der Waals surface area contributed by atoms with Gasteiger partial charge in [-0.3, -0.25) is 9.59 Å². The van der Waals surface area contributed by atoms with E-state index >= 15 is 0 Å². The smallest absolute Gasteiger partial charge is 0.323 e. The molecule has 0 fully saturated rings. The first-order chi connectivity index (χ1) is 8.02. The maximum Gasteiger partial charge on any atom is 0.323 e. The zero-order chi connectivity index (χ0) is 13.3. The average Bonchev–Trinajstić information content (AvgIpc) is 2.30. The number of carboxylic acids is 1. The fourth-order valence-electron chi connectivity index (χ4n) is 1.58. The van der Waals surface area contributed by atoms with Crippen molar-refractivity contribution < 1.29 is 19.1 Å². The van der Waals surface area contributed by atoms with Crippen LogP contribution in [0.5, 0.6) is 0 Å². The Morgan fingerprint density at radius 2 is 1.88 bits per heavy atom. The molecule has 0 heterocycles. The summed E-state index contributed by atoms with van der Waals surface area (Å²) in [5.74, 6) is -1.82. The van der Waals surface area contributed by atoms with Crippen LogP contribution < -0.4 is 0 Å². The number of hydrogen-bond acceptors (Lipinski definition) is 2. The number of alkyl halides is 1. The van der Waals surface area contributed by atoms with E-state index in [0.717, 1.165) is 24.2 Å². The van der Waals surface area contributed by atoms with Gasteiger partial charge < -0.3 is 10.0 Å². The van der Waals surface area contributed by atoms with Crippen LogP contribution in [0.2, 0.25) is 0 Å². The molecule has 0 aliphatic rings. The molecule has 4 nitrogen and oxygen atoms in total. The molecule has 0 radical (unpaired) electrons. The summed E-state index contributed by atoms with van der Waals surface area (Å²) >= 11 is 0. The first-order valence-corrected chi connectivity index (χ1v) is 6.17. The van der Waals surface area contributed by atoms with Gasteiger partial charge in [0.25, 0.3) is 5.91 Å². The molecule has 17 heavy (non-hydrogen) atoms. The first-order valence-electron chi connectivity index (χ1n) is 6.17. The predicted molar refractivity (Wildman–Crippen MR) is 63.5 cm³/mol. The molecular weight excluding hydrogens is 225 g/mol. The summed E-state index contributed by atoms with van der Waals surface area (Å²) in [6, 6.07) is 0. The molecule has 0 saturated heterocycles. The van der Waals surface area contributed by atoms with Crippen LogP contribution in [0.15, 0.2) is 0 Å². The van der Waals surface area contributed by atoms with Gasteiger partial charge in [-0.2, -0.15) is 0 Å². The van der Waals surface area contributed by atoms with E-state index in [4.69, 9.17) is 5.11 Å². The number of likely N-dealkylation sites (N-methyl/N-ethyl adjacent to an activating group) is 1. The lowest BCUT2D eigenvalue weighted by Gasteiger charge is -2.20. The first kappa shape index (κ1) is 15.9. The molecule has 0 rings (SSSR count). The lowest BCUT2D eigenvalue weighted by atomic mass is 10.1. The van der Waals surface area contributed by atoms with Crippen molar-refractivity contribution in [1.29, 1.82) is 0 Å². The number of nitrogens with zero attached hydrogens (tertiary/aromatic N) is 1. The van der Waals surface area contributed by atoms with Crippen LogP contribution >= 0.6 is 0 Å². The summed E-state index contributed by atoms with van der Waals surface area (Å²) in [5.41, 5.74) is 0. The second-order valence-corrected chi connectivity index (χ2v) is 4.06. The minimum atomic E-state index is -1.56. The Kier molecular flexibility index (Phi) is 8.36. The molecule has 0 aromatic carbocycles. The molecule has 0 spiro atoms. The molecule has 0 aliphatic heterocycles. The van der Waals surface area contributed by atoms with E-state index in [1.54, 1.807) is 6.92 Å². The fraction of sp³-hybridized carbons (Fsp3) is 0.833. The third-order valence-electron chi connectivity index (χ3n) is 2.60. The van der Waals surface area contributed by atoms with Gasteiger partial charge in [0, 0.05) is 6.54 Å². The van der Waals surface area contributed by atoms with Crippen LogP contribution in [-0.4, -0.2) is 41.1 Å². The Balaban J connectivity index is 4.03. The Hall–Kier alpha value is -1.13. The van der Waals surface area contributed by atoms with Crippen LogP contribution in [0.1, 0.15) is 46.0 Å². The molecule has 5 heteroatoms. The molecule has 1 unspecified atom stereocenters. The van der Waals surface area contributed by atoms with Gasteiger partial charge in [0.05, 0.1) is 0 Å². The Morgan fingerprint density at radius 3 is 2.35 bits per heavy atom. The summed E-state index contributed by atoms with van der Waals surface area (Å²) < 4.78 is 13.5. The van der Waals surface area contributed by atoms with Crippen molar-refractivity contribution in [3.63, 3.8) is 0 Å². The monoisotopic (exact) mass is 247 g/mol. The van der Waals surface area contributed by atoms with Gasteiger partial charge in [-0.15, -0.1) is 0 Å². The maximum absolute atomic E-state index is 13.5. The second-order valence-electron chi connectivity index (χ2n) is 4.06. The van der Waals surface area contributed by atoms with E-state index in [2.05, 4.69) is 6.92 Å². The fourth-order valence-corrected chi connectivity index (χ4v) is 1.58. The topological polar surface area (TPSA) is 57.6 Å². The minimum Gasteiger partial charge on any atom is -0.480 e. The number of aliphatic carboxylic acids is 1. The lowest BCUT2D eigenvalue weighted by Crippen LogP contribution is -2.40. The normalized spacial score (nSPS) is 12.2. The number of carbonyl (C=O) groups is 2.